The Labute approximate surface area is 348 Å². The number of rotatable bonds is 35. The molecule has 17 nitrogen and oxygen atoms in total. The van der Waals surface area contributed by atoms with E-state index in [4.69, 9.17) is 52.2 Å². The minimum atomic E-state index is -3.94. The SMILES string of the molecule is C#CCOCCOCCNC(=O)CCC(CCC(=O)NCCOCCOCC#C)(CCC(=O)NCCOCCOCC#C)NC(=O)c1ccc(OP(=O)(O)C(C)C)cc1. The van der Waals surface area contributed by atoms with Crippen LogP contribution in [-0.2, 0) is 47.4 Å². The molecule has 0 aliphatic rings. The molecule has 1 aromatic rings. The second kappa shape index (κ2) is 32.4. The summed E-state index contributed by atoms with van der Waals surface area (Å²) < 4.78 is 49.5. The van der Waals surface area contributed by atoms with Crippen molar-refractivity contribution in [3.63, 3.8) is 0 Å². The fraction of sp³-hybridized carbons (Fsp3) is 0.610. The zero-order valence-corrected chi connectivity index (χ0v) is 35.2. The molecule has 59 heavy (non-hydrogen) atoms. The summed E-state index contributed by atoms with van der Waals surface area (Å²) in [6.45, 7) is 6.71. The van der Waals surface area contributed by atoms with Crippen molar-refractivity contribution in [2.45, 2.75) is 63.6 Å². The van der Waals surface area contributed by atoms with Crippen LogP contribution in [0, 0.1) is 37.0 Å². The summed E-state index contributed by atoms with van der Waals surface area (Å²) in [5.74, 6) is 5.61. The molecule has 0 aromatic heterocycles. The molecule has 0 spiro atoms. The first-order valence-corrected chi connectivity index (χ1v) is 21.0. The minimum Gasteiger partial charge on any atom is -0.424 e. The molecule has 0 saturated carbocycles. The van der Waals surface area contributed by atoms with Gasteiger partial charge >= 0.3 is 7.60 Å². The zero-order valence-electron chi connectivity index (χ0n) is 34.3. The van der Waals surface area contributed by atoms with Crippen molar-refractivity contribution in [2.24, 2.45) is 0 Å². The van der Waals surface area contributed by atoms with Crippen LogP contribution in [0.1, 0.15) is 62.7 Å². The van der Waals surface area contributed by atoms with Gasteiger partial charge in [-0.3, -0.25) is 19.2 Å². The van der Waals surface area contributed by atoms with Gasteiger partial charge in [0.05, 0.1) is 65.1 Å². The first-order chi connectivity index (χ1) is 28.4. The molecule has 0 aliphatic carbocycles. The average molecular weight is 849 g/mol. The van der Waals surface area contributed by atoms with Crippen molar-refractivity contribution in [1.82, 2.24) is 21.3 Å². The highest BCUT2D eigenvalue weighted by molar-refractivity contribution is 7.53. The highest BCUT2D eigenvalue weighted by Crippen LogP contribution is 2.47. The lowest BCUT2D eigenvalue weighted by molar-refractivity contribution is -0.121. The fourth-order valence-corrected chi connectivity index (χ4v) is 5.60. The van der Waals surface area contributed by atoms with Crippen LogP contribution in [0.15, 0.2) is 24.3 Å². The Bertz CT molecular complexity index is 1440. The third-order valence-electron chi connectivity index (χ3n) is 8.25. The molecule has 0 heterocycles. The summed E-state index contributed by atoms with van der Waals surface area (Å²) in [4.78, 5) is 63.2. The van der Waals surface area contributed by atoms with Crippen molar-refractivity contribution in [3.8, 4) is 42.8 Å². The fourth-order valence-electron chi connectivity index (χ4n) is 4.96. The van der Waals surface area contributed by atoms with Crippen molar-refractivity contribution in [3.05, 3.63) is 29.8 Å². The van der Waals surface area contributed by atoms with E-state index in [1.54, 1.807) is 13.8 Å². The van der Waals surface area contributed by atoms with E-state index in [1.807, 2.05) is 0 Å². The molecular weight excluding hydrogens is 787 g/mol. The van der Waals surface area contributed by atoms with Crippen LogP contribution in [0.25, 0.3) is 0 Å². The van der Waals surface area contributed by atoms with Crippen molar-refractivity contribution in [1.29, 1.82) is 0 Å². The van der Waals surface area contributed by atoms with Crippen molar-refractivity contribution < 1.29 is 61.6 Å². The maximum Gasteiger partial charge on any atom is 0.379 e. The van der Waals surface area contributed by atoms with E-state index in [0.717, 1.165) is 0 Å². The lowest BCUT2D eigenvalue weighted by atomic mass is 9.82. The Morgan fingerprint density at radius 2 is 0.983 bits per heavy atom. The topological polar surface area (TPSA) is 218 Å². The number of benzene rings is 1. The van der Waals surface area contributed by atoms with E-state index in [9.17, 15) is 28.6 Å². The lowest BCUT2D eigenvalue weighted by Crippen LogP contribution is -2.50. The van der Waals surface area contributed by atoms with Crippen LogP contribution in [0.3, 0.4) is 0 Å². The quantitative estimate of drug-likeness (QED) is 0.0375. The van der Waals surface area contributed by atoms with E-state index in [0.29, 0.717) is 39.6 Å². The number of nitrogens with one attached hydrogen (secondary N) is 4. The molecule has 0 fully saturated rings. The predicted octanol–water partition coefficient (Wildman–Crippen LogP) is 1.82. The third kappa shape index (κ3) is 26.3. The van der Waals surface area contributed by atoms with Gasteiger partial charge in [-0.25, -0.2) is 4.57 Å². The Balaban J connectivity index is 3.14. The first kappa shape index (κ1) is 52.5. The molecule has 1 aromatic carbocycles. The molecule has 1 atom stereocenters. The van der Waals surface area contributed by atoms with Crippen LogP contribution in [0.2, 0.25) is 0 Å². The molecule has 0 radical (unpaired) electrons. The van der Waals surface area contributed by atoms with Gasteiger partial charge in [0.25, 0.3) is 5.91 Å². The number of terminal acetylenes is 3. The number of amides is 4. The standard InChI is InChI=1S/C41H61N4O13P/c1-6-22-52-28-31-55-25-19-42-37(46)13-16-41(17-14-38(47)43-20-26-56-32-29-53-23-7-2,18-15-39(48)44-21-27-57-33-30-54-24-8-3)45-40(49)35-9-11-36(12-10-35)58-59(50,51)34(4)5/h1-3,9-12,34H,13-33H2,4-5H3,(H,42,46)(H,43,47)(H,44,48)(H,45,49)(H,50,51). The van der Waals surface area contributed by atoms with Gasteiger partial charge in [-0.2, -0.15) is 0 Å². The summed E-state index contributed by atoms with van der Waals surface area (Å²) in [6, 6.07) is 5.64. The molecule has 18 heteroatoms. The molecule has 328 valence electrons. The molecule has 4 amide bonds. The van der Waals surface area contributed by atoms with Crippen LogP contribution in [0.5, 0.6) is 5.75 Å². The number of hydrogen-bond donors (Lipinski definition) is 5. The van der Waals surface area contributed by atoms with Gasteiger partial charge in [-0.15, -0.1) is 19.3 Å². The molecule has 5 N–H and O–H groups in total. The summed E-state index contributed by atoms with van der Waals surface area (Å²) in [5, 5.41) is 11.4. The Morgan fingerprint density at radius 1 is 0.627 bits per heavy atom. The molecule has 0 aliphatic heterocycles. The van der Waals surface area contributed by atoms with E-state index in [1.165, 1.54) is 24.3 Å². The summed E-state index contributed by atoms with van der Waals surface area (Å²) >= 11 is 0. The molecule has 1 unspecified atom stereocenters. The monoisotopic (exact) mass is 848 g/mol. The van der Waals surface area contributed by atoms with Crippen LogP contribution < -0.4 is 25.8 Å². The summed E-state index contributed by atoms with van der Waals surface area (Å²) in [7, 11) is -3.94. The number of carbonyl (C=O) groups is 4. The van der Waals surface area contributed by atoms with E-state index < -0.39 is 24.7 Å². The largest absolute Gasteiger partial charge is 0.424 e. The van der Waals surface area contributed by atoms with Crippen LogP contribution >= 0.6 is 7.60 Å². The summed E-state index contributed by atoms with van der Waals surface area (Å²) in [5.41, 5.74) is -1.70. The Hall–Kier alpha value is -4.47. The van der Waals surface area contributed by atoms with E-state index in [-0.39, 0.29) is 127 Å². The number of ether oxygens (including phenoxy) is 6. The highest BCUT2D eigenvalue weighted by atomic mass is 31.2. The molecule has 0 saturated heterocycles. The first-order valence-electron chi connectivity index (χ1n) is 19.4. The number of hydrogen-bond acceptors (Lipinski definition) is 12. The maximum absolute atomic E-state index is 13.8. The normalized spacial score (nSPS) is 12.0. The average Bonchev–Trinajstić information content (AvgIpc) is 3.21. The van der Waals surface area contributed by atoms with Crippen molar-refractivity contribution in [2.75, 3.05) is 98.9 Å². The van der Waals surface area contributed by atoms with Gasteiger partial charge in [-0.05, 0) is 43.5 Å². The zero-order chi connectivity index (χ0) is 43.6. The van der Waals surface area contributed by atoms with Gasteiger partial charge in [0.2, 0.25) is 17.7 Å². The highest BCUT2D eigenvalue weighted by Gasteiger charge is 2.34. The minimum absolute atomic E-state index is 0.0618. The van der Waals surface area contributed by atoms with Gasteiger partial charge < -0.3 is 59.1 Å². The number of carbonyl (C=O) groups excluding carboxylic acids is 4. The van der Waals surface area contributed by atoms with Gasteiger partial charge in [0.15, 0.2) is 0 Å². The van der Waals surface area contributed by atoms with E-state index >= 15 is 0 Å². The predicted molar refractivity (Wildman–Crippen MR) is 220 cm³/mol. The second-order valence-corrected chi connectivity index (χ2v) is 15.5. The maximum atomic E-state index is 13.8. The van der Waals surface area contributed by atoms with E-state index in [2.05, 4.69) is 39.0 Å². The summed E-state index contributed by atoms with van der Waals surface area (Å²) in [6.07, 6.45) is 15.5. The second-order valence-electron chi connectivity index (χ2n) is 13.2. The molecule has 1 rings (SSSR count). The molecule has 0 bridgehead atoms. The van der Waals surface area contributed by atoms with Crippen LogP contribution in [0.4, 0.5) is 0 Å². The van der Waals surface area contributed by atoms with Crippen molar-refractivity contribution >= 4 is 31.2 Å². The van der Waals surface area contributed by atoms with Gasteiger partial charge in [0.1, 0.15) is 25.6 Å². The van der Waals surface area contributed by atoms with Gasteiger partial charge in [-0.1, -0.05) is 31.6 Å². The van der Waals surface area contributed by atoms with Crippen LogP contribution in [-0.4, -0.2) is 139 Å². The third-order valence-corrected chi connectivity index (χ3v) is 10.0. The molecular formula is C41H61N4O13P. The van der Waals surface area contributed by atoms with Gasteiger partial charge in [0, 0.05) is 50.0 Å². The lowest BCUT2D eigenvalue weighted by Gasteiger charge is -2.35. The Morgan fingerprint density at radius 3 is 1.32 bits per heavy atom. The Kier molecular flexibility index (Phi) is 28.8. The smallest absolute Gasteiger partial charge is 0.379 e.